The van der Waals surface area contributed by atoms with Crippen LogP contribution in [0.5, 0.6) is 0 Å². The third-order valence-corrected chi connectivity index (χ3v) is 5.08. The topological polar surface area (TPSA) is 0 Å². The van der Waals surface area contributed by atoms with Crippen molar-refractivity contribution in [3.8, 4) is 0 Å². The van der Waals surface area contributed by atoms with E-state index in [0.29, 0.717) is 0 Å². The predicted octanol–water partition coefficient (Wildman–Crippen LogP) is 4.02. The van der Waals surface area contributed by atoms with E-state index in [4.69, 9.17) is 0 Å². The molecule has 5 atom stereocenters. The fourth-order valence-corrected chi connectivity index (χ4v) is 4.10. The lowest BCUT2D eigenvalue weighted by molar-refractivity contribution is 0.205. The molecule has 0 heterocycles. The van der Waals surface area contributed by atoms with Gasteiger partial charge in [-0.3, -0.25) is 0 Å². The Morgan fingerprint density at radius 3 is 2.57 bits per heavy atom. The molecule has 14 heavy (non-hydrogen) atoms. The van der Waals surface area contributed by atoms with E-state index in [2.05, 4.69) is 12.7 Å². The van der Waals surface area contributed by atoms with Crippen LogP contribution in [0.15, 0.2) is 12.7 Å². The zero-order valence-electron chi connectivity index (χ0n) is 9.12. The van der Waals surface area contributed by atoms with Crippen molar-refractivity contribution < 1.29 is 0 Å². The van der Waals surface area contributed by atoms with Crippen LogP contribution in [-0.4, -0.2) is 0 Å². The Kier molecular flexibility index (Phi) is 2.18. The Bertz CT molecular complexity index is 230. The van der Waals surface area contributed by atoms with E-state index in [-0.39, 0.29) is 0 Å². The number of fused-ring (bicyclic) bond motifs is 1. The van der Waals surface area contributed by atoms with Gasteiger partial charge in [0.25, 0.3) is 0 Å². The maximum atomic E-state index is 3.90. The van der Waals surface area contributed by atoms with Crippen LogP contribution in [0.3, 0.4) is 0 Å². The lowest BCUT2D eigenvalue weighted by Crippen LogP contribution is -2.21. The molecular weight excluding hydrogens is 168 g/mol. The van der Waals surface area contributed by atoms with Gasteiger partial charge in [-0.2, -0.15) is 0 Å². The Hall–Kier alpha value is -0.260. The van der Waals surface area contributed by atoms with Gasteiger partial charge in [0, 0.05) is 0 Å². The van der Waals surface area contributed by atoms with Gasteiger partial charge in [0.05, 0.1) is 0 Å². The van der Waals surface area contributed by atoms with Crippen molar-refractivity contribution in [1.82, 2.24) is 0 Å². The first-order valence-electron chi connectivity index (χ1n) is 6.49. The molecule has 0 aromatic heterocycles. The van der Waals surface area contributed by atoms with Crippen LogP contribution in [0.25, 0.3) is 0 Å². The molecular formula is C14H22. The summed E-state index contributed by atoms with van der Waals surface area (Å²) in [6.07, 6.45) is 12.7. The molecule has 3 aliphatic rings. The monoisotopic (exact) mass is 190 g/mol. The van der Waals surface area contributed by atoms with Crippen molar-refractivity contribution in [2.45, 2.75) is 44.9 Å². The molecule has 0 radical (unpaired) electrons. The fraction of sp³-hybridized carbons (Fsp3) is 0.857. The van der Waals surface area contributed by atoms with Crippen LogP contribution >= 0.6 is 0 Å². The zero-order chi connectivity index (χ0) is 9.54. The third-order valence-electron chi connectivity index (χ3n) is 5.08. The van der Waals surface area contributed by atoms with Gasteiger partial charge < -0.3 is 0 Å². The lowest BCUT2D eigenvalue weighted by atomic mass is 9.76. The number of hydrogen-bond acceptors (Lipinski definition) is 0. The molecule has 0 aromatic rings. The Morgan fingerprint density at radius 1 is 1.07 bits per heavy atom. The summed E-state index contributed by atoms with van der Waals surface area (Å²) in [4.78, 5) is 0. The minimum absolute atomic E-state index is 1.00. The van der Waals surface area contributed by atoms with E-state index in [0.717, 1.165) is 17.8 Å². The second-order valence-corrected chi connectivity index (χ2v) is 5.87. The molecule has 3 fully saturated rings. The molecule has 5 unspecified atom stereocenters. The van der Waals surface area contributed by atoms with Gasteiger partial charge in [0.15, 0.2) is 0 Å². The van der Waals surface area contributed by atoms with Crippen molar-refractivity contribution in [3.63, 3.8) is 0 Å². The average Bonchev–Trinajstić information content (AvgIpc) is 2.62. The molecule has 0 aliphatic heterocycles. The SMILES string of the molecule is C=CCC1CCCC1CC1CC2CC12. The van der Waals surface area contributed by atoms with Gasteiger partial charge in [-0.1, -0.05) is 18.9 Å². The molecule has 0 spiro atoms. The summed E-state index contributed by atoms with van der Waals surface area (Å²) in [6, 6.07) is 0. The highest BCUT2D eigenvalue weighted by Crippen LogP contribution is 2.62. The summed E-state index contributed by atoms with van der Waals surface area (Å²) < 4.78 is 0. The first-order valence-corrected chi connectivity index (χ1v) is 6.49. The fourth-order valence-electron chi connectivity index (χ4n) is 4.10. The molecule has 3 aliphatic carbocycles. The van der Waals surface area contributed by atoms with Gasteiger partial charge in [0.1, 0.15) is 0 Å². The van der Waals surface area contributed by atoms with Gasteiger partial charge in [-0.15, -0.1) is 6.58 Å². The van der Waals surface area contributed by atoms with Crippen molar-refractivity contribution in [3.05, 3.63) is 12.7 Å². The smallest absolute Gasteiger partial charge is 0.0322 e. The summed E-state index contributed by atoms with van der Waals surface area (Å²) in [5.41, 5.74) is 0. The highest BCUT2D eigenvalue weighted by atomic mass is 14.6. The molecule has 0 aromatic carbocycles. The van der Waals surface area contributed by atoms with Crippen molar-refractivity contribution in [2.24, 2.45) is 29.6 Å². The summed E-state index contributed by atoms with van der Waals surface area (Å²) in [7, 11) is 0. The molecule has 0 saturated heterocycles. The summed E-state index contributed by atoms with van der Waals surface area (Å²) in [5, 5.41) is 0. The van der Waals surface area contributed by atoms with Crippen molar-refractivity contribution >= 4 is 0 Å². The van der Waals surface area contributed by atoms with Crippen molar-refractivity contribution in [1.29, 1.82) is 0 Å². The van der Waals surface area contributed by atoms with Crippen LogP contribution in [0.1, 0.15) is 44.9 Å². The lowest BCUT2D eigenvalue weighted by Gasteiger charge is -2.30. The highest BCUT2D eigenvalue weighted by molar-refractivity contribution is 5.03. The van der Waals surface area contributed by atoms with E-state index < -0.39 is 0 Å². The van der Waals surface area contributed by atoms with Crippen LogP contribution in [0.2, 0.25) is 0 Å². The van der Waals surface area contributed by atoms with Gasteiger partial charge in [-0.05, 0) is 61.7 Å². The second kappa shape index (κ2) is 3.40. The second-order valence-electron chi connectivity index (χ2n) is 5.87. The standard InChI is InChI=1S/C14H22/c1-2-4-10-5-3-6-11(10)7-12-8-13-9-14(12)13/h2,10-14H,1,3-9H2. The van der Waals surface area contributed by atoms with E-state index in [1.165, 1.54) is 37.5 Å². The molecule has 0 amide bonds. The first kappa shape index (κ1) is 9.00. The largest absolute Gasteiger partial charge is 0.103 e. The number of allylic oxidation sites excluding steroid dienone is 1. The molecule has 0 bridgehead atoms. The van der Waals surface area contributed by atoms with E-state index >= 15 is 0 Å². The van der Waals surface area contributed by atoms with Gasteiger partial charge in [-0.25, -0.2) is 0 Å². The molecule has 3 saturated carbocycles. The van der Waals surface area contributed by atoms with E-state index in [1.807, 2.05) is 0 Å². The Labute approximate surface area is 87.8 Å². The minimum atomic E-state index is 1.00. The number of hydrogen-bond donors (Lipinski definition) is 0. The highest BCUT2D eigenvalue weighted by Gasteiger charge is 2.53. The molecule has 0 nitrogen and oxygen atoms in total. The summed E-state index contributed by atoms with van der Waals surface area (Å²) >= 11 is 0. The Morgan fingerprint density at radius 2 is 1.93 bits per heavy atom. The van der Waals surface area contributed by atoms with Crippen LogP contribution in [0.4, 0.5) is 0 Å². The van der Waals surface area contributed by atoms with Gasteiger partial charge in [0.2, 0.25) is 0 Å². The quantitative estimate of drug-likeness (QED) is 0.587. The zero-order valence-corrected chi connectivity index (χ0v) is 9.12. The molecule has 0 N–H and O–H groups in total. The maximum Gasteiger partial charge on any atom is -0.0322 e. The molecule has 0 heteroatoms. The van der Waals surface area contributed by atoms with Crippen molar-refractivity contribution in [2.75, 3.05) is 0 Å². The predicted molar refractivity (Wildman–Crippen MR) is 60.0 cm³/mol. The summed E-state index contributed by atoms with van der Waals surface area (Å²) in [6.45, 7) is 3.90. The first-order chi connectivity index (χ1) is 6.88. The maximum absolute atomic E-state index is 3.90. The van der Waals surface area contributed by atoms with Crippen LogP contribution in [0, 0.1) is 29.6 Å². The molecule has 3 rings (SSSR count). The van der Waals surface area contributed by atoms with Gasteiger partial charge >= 0.3 is 0 Å². The minimum Gasteiger partial charge on any atom is -0.103 e. The Balaban J connectivity index is 1.52. The number of rotatable bonds is 4. The summed E-state index contributed by atoms with van der Waals surface area (Å²) in [5.74, 6) is 5.61. The van der Waals surface area contributed by atoms with E-state index in [9.17, 15) is 0 Å². The van der Waals surface area contributed by atoms with Crippen LogP contribution < -0.4 is 0 Å². The normalized spacial score (nSPS) is 49.6. The third kappa shape index (κ3) is 1.43. The molecule has 78 valence electrons. The van der Waals surface area contributed by atoms with Crippen LogP contribution in [-0.2, 0) is 0 Å². The average molecular weight is 190 g/mol. The van der Waals surface area contributed by atoms with E-state index in [1.54, 1.807) is 19.3 Å².